The van der Waals surface area contributed by atoms with Gasteiger partial charge < -0.3 is 4.42 Å². The second-order valence-electron chi connectivity index (χ2n) is 6.21. The van der Waals surface area contributed by atoms with Gasteiger partial charge in [-0.1, -0.05) is 48.5 Å². The number of oxazole rings is 1. The van der Waals surface area contributed by atoms with Crippen molar-refractivity contribution in [2.75, 3.05) is 0 Å². The molecule has 0 aliphatic rings. The summed E-state index contributed by atoms with van der Waals surface area (Å²) in [4.78, 5) is 4.25. The molecule has 4 aromatic rings. The van der Waals surface area contributed by atoms with Crippen molar-refractivity contribution in [1.29, 1.82) is 0 Å². The first-order valence-electron chi connectivity index (χ1n) is 8.41. The highest BCUT2D eigenvalue weighted by molar-refractivity contribution is 7.84. The molecule has 4 rings (SSSR count). The van der Waals surface area contributed by atoms with Crippen molar-refractivity contribution in [2.45, 2.75) is 17.2 Å². The number of halogens is 3. The molecule has 1 aromatic heterocycles. The summed E-state index contributed by atoms with van der Waals surface area (Å²) >= 11 is 0. The zero-order valence-corrected chi connectivity index (χ0v) is 15.3. The van der Waals surface area contributed by atoms with E-state index in [0.717, 1.165) is 23.3 Å². The van der Waals surface area contributed by atoms with Gasteiger partial charge in [-0.3, -0.25) is 0 Å². The lowest BCUT2D eigenvalue weighted by Gasteiger charge is -2.06. The van der Waals surface area contributed by atoms with Gasteiger partial charge in [0.2, 0.25) is 0 Å². The Morgan fingerprint density at radius 1 is 0.893 bits per heavy atom. The van der Waals surface area contributed by atoms with Crippen LogP contribution in [0.15, 0.2) is 82.4 Å². The van der Waals surface area contributed by atoms with Crippen LogP contribution in [0.1, 0.15) is 11.1 Å². The summed E-state index contributed by atoms with van der Waals surface area (Å²) in [7, 11) is -1.60. The Morgan fingerprint density at radius 3 is 2.29 bits per heavy atom. The van der Waals surface area contributed by atoms with E-state index >= 15 is 0 Å². The predicted molar refractivity (Wildman–Crippen MR) is 101 cm³/mol. The molecule has 0 amide bonds. The SMILES string of the molecule is O=S(Cc1ccc(C(F)(F)F)cc1)c1nc2ccc(-c3ccccc3)cc2o1. The van der Waals surface area contributed by atoms with Gasteiger partial charge in [-0.05, 0) is 41.0 Å². The third-order valence-electron chi connectivity index (χ3n) is 4.25. The second-order valence-corrected chi connectivity index (χ2v) is 7.54. The molecule has 1 heterocycles. The zero-order chi connectivity index (χ0) is 19.7. The van der Waals surface area contributed by atoms with Crippen molar-refractivity contribution < 1.29 is 21.8 Å². The fraction of sp³-hybridized carbons (Fsp3) is 0.0952. The topological polar surface area (TPSA) is 43.1 Å². The molecule has 1 atom stereocenters. The van der Waals surface area contributed by atoms with E-state index in [1.54, 1.807) is 6.07 Å². The van der Waals surface area contributed by atoms with Gasteiger partial charge in [0.15, 0.2) is 5.58 Å². The molecule has 1 unspecified atom stereocenters. The standard InChI is InChI=1S/C21H14F3NO2S/c22-21(23,24)17-9-6-14(7-10-17)13-28(26)20-25-18-11-8-16(12-19(18)27-20)15-4-2-1-3-5-15/h1-12H,13H2. The number of benzene rings is 3. The molecule has 0 fully saturated rings. The lowest BCUT2D eigenvalue weighted by atomic mass is 10.1. The predicted octanol–water partition coefficient (Wildman–Crippen LogP) is 5.82. The Bertz CT molecular complexity index is 1140. The molecular weight excluding hydrogens is 387 g/mol. The molecule has 0 radical (unpaired) electrons. The average Bonchev–Trinajstić information content (AvgIpc) is 3.12. The maximum atomic E-state index is 12.6. The molecule has 0 N–H and O–H groups in total. The van der Waals surface area contributed by atoms with E-state index < -0.39 is 22.5 Å². The first-order valence-corrected chi connectivity index (χ1v) is 9.72. The Balaban J connectivity index is 1.56. The maximum Gasteiger partial charge on any atom is 0.416 e. The van der Waals surface area contributed by atoms with Crippen LogP contribution in [-0.4, -0.2) is 9.19 Å². The third-order valence-corrected chi connectivity index (χ3v) is 5.41. The molecule has 28 heavy (non-hydrogen) atoms. The quantitative estimate of drug-likeness (QED) is 0.433. The van der Waals surface area contributed by atoms with Crippen molar-refractivity contribution >= 4 is 21.9 Å². The molecule has 0 aliphatic carbocycles. The van der Waals surface area contributed by atoms with Crippen LogP contribution in [0.25, 0.3) is 22.2 Å². The second kappa shape index (κ2) is 7.24. The van der Waals surface area contributed by atoms with Crippen molar-refractivity contribution in [3.05, 3.63) is 83.9 Å². The minimum absolute atomic E-state index is 0.0243. The highest BCUT2D eigenvalue weighted by Crippen LogP contribution is 2.30. The molecule has 0 aliphatic heterocycles. The van der Waals surface area contributed by atoms with Gasteiger partial charge in [-0.25, -0.2) is 9.19 Å². The van der Waals surface area contributed by atoms with Crippen LogP contribution in [0, 0.1) is 0 Å². The third kappa shape index (κ3) is 3.84. The maximum absolute atomic E-state index is 12.6. The van der Waals surface area contributed by atoms with Crippen LogP contribution in [0.3, 0.4) is 0 Å². The van der Waals surface area contributed by atoms with Crippen molar-refractivity contribution in [2.24, 2.45) is 0 Å². The van der Waals surface area contributed by atoms with E-state index in [1.807, 2.05) is 42.5 Å². The first kappa shape index (κ1) is 18.4. The summed E-state index contributed by atoms with van der Waals surface area (Å²) in [5, 5.41) is 0.0557. The number of hydrogen-bond acceptors (Lipinski definition) is 3. The van der Waals surface area contributed by atoms with Gasteiger partial charge in [0.1, 0.15) is 16.3 Å². The monoisotopic (exact) mass is 401 g/mol. The largest absolute Gasteiger partial charge is 0.430 e. The molecule has 0 saturated heterocycles. The highest BCUT2D eigenvalue weighted by Gasteiger charge is 2.30. The normalized spacial score (nSPS) is 13.0. The van der Waals surface area contributed by atoms with Gasteiger partial charge >= 0.3 is 6.18 Å². The molecule has 3 nitrogen and oxygen atoms in total. The van der Waals surface area contributed by atoms with Crippen molar-refractivity contribution in [3.8, 4) is 11.1 Å². The molecular formula is C21H14F3NO2S. The van der Waals surface area contributed by atoms with E-state index in [0.29, 0.717) is 16.7 Å². The molecule has 3 aromatic carbocycles. The minimum atomic E-state index is -4.39. The number of rotatable bonds is 4. The van der Waals surface area contributed by atoms with Crippen molar-refractivity contribution in [1.82, 2.24) is 4.98 Å². The lowest BCUT2D eigenvalue weighted by molar-refractivity contribution is -0.137. The summed E-state index contributed by atoms with van der Waals surface area (Å²) in [5.74, 6) is 0.0243. The molecule has 0 bridgehead atoms. The summed E-state index contributed by atoms with van der Waals surface area (Å²) in [6.45, 7) is 0. The Hall–Kier alpha value is -2.93. The minimum Gasteiger partial charge on any atom is -0.430 e. The molecule has 0 saturated carbocycles. The van der Waals surface area contributed by atoms with Crippen LogP contribution in [0.5, 0.6) is 0 Å². The van der Waals surface area contributed by atoms with Gasteiger partial charge in [-0.2, -0.15) is 13.2 Å². The van der Waals surface area contributed by atoms with Crippen LogP contribution in [-0.2, 0) is 22.7 Å². The van der Waals surface area contributed by atoms with Crippen LogP contribution in [0.4, 0.5) is 13.2 Å². The van der Waals surface area contributed by atoms with Crippen LogP contribution >= 0.6 is 0 Å². The summed E-state index contributed by atoms with van der Waals surface area (Å²) in [5.41, 5.74) is 2.83. The number of aromatic nitrogens is 1. The van der Waals surface area contributed by atoms with E-state index in [-0.39, 0.29) is 11.0 Å². The van der Waals surface area contributed by atoms with E-state index in [4.69, 9.17) is 4.42 Å². The zero-order valence-electron chi connectivity index (χ0n) is 14.4. The number of hydrogen-bond donors (Lipinski definition) is 0. The summed E-state index contributed by atoms with van der Waals surface area (Å²) < 4.78 is 56.1. The highest BCUT2D eigenvalue weighted by atomic mass is 32.2. The molecule has 0 spiro atoms. The van der Waals surface area contributed by atoms with E-state index in [9.17, 15) is 17.4 Å². The van der Waals surface area contributed by atoms with Gasteiger partial charge in [0.05, 0.1) is 11.3 Å². The molecule has 7 heteroatoms. The van der Waals surface area contributed by atoms with E-state index in [1.165, 1.54) is 12.1 Å². The molecule has 142 valence electrons. The van der Waals surface area contributed by atoms with Crippen molar-refractivity contribution in [3.63, 3.8) is 0 Å². The Labute approximate surface area is 161 Å². The fourth-order valence-electron chi connectivity index (χ4n) is 2.81. The first-order chi connectivity index (χ1) is 13.4. The number of alkyl halides is 3. The number of nitrogens with zero attached hydrogens (tertiary/aromatic N) is 1. The number of fused-ring (bicyclic) bond motifs is 1. The Kier molecular flexibility index (Phi) is 4.77. The van der Waals surface area contributed by atoms with Gasteiger partial charge in [-0.15, -0.1) is 0 Å². The summed E-state index contributed by atoms with van der Waals surface area (Å²) in [6, 6.07) is 19.9. The van der Waals surface area contributed by atoms with E-state index in [2.05, 4.69) is 4.98 Å². The fourth-order valence-corrected chi connectivity index (χ4v) is 3.82. The van der Waals surface area contributed by atoms with Crippen LogP contribution in [0.2, 0.25) is 0 Å². The smallest absolute Gasteiger partial charge is 0.416 e. The van der Waals surface area contributed by atoms with Gasteiger partial charge in [0.25, 0.3) is 5.22 Å². The van der Waals surface area contributed by atoms with Crippen LogP contribution < -0.4 is 0 Å². The Morgan fingerprint density at radius 2 is 1.61 bits per heavy atom. The lowest BCUT2D eigenvalue weighted by Crippen LogP contribution is -2.05. The van der Waals surface area contributed by atoms with Gasteiger partial charge in [0, 0.05) is 0 Å². The average molecular weight is 401 g/mol. The summed E-state index contributed by atoms with van der Waals surface area (Å²) in [6.07, 6.45) is -4.39.